The van der Waals surface area contributed by atoms with Gasteiger partial charge in [-0.15, -0.1) is 0 Å². The highest BCUT2D eigenvalue weighted by Gasteiger charge is 2.60. The van der Waals surface area contributed by atoms with Crippen molar-refractivity contribution < 1.29 is 23.9 Å². The van der Waals surface area contributed by atoms with Crippen molar-refractivity contribution in [3.63, 3.8) is 0 Å². The van der Waals surface area contributed by atoms with Crippen LogP contribution in [0.25, 0.3) is 0 Å². The lowest BCUT2D eigenvalue weighted by atomic mass is 9.84. The van der Waals surface area contributed by atoms with Crippen molar-refractivity contribution in [1.29, 1.82) is 0 Å². The van der Waals surface area contributed by atoms with Crippen LogP contribution in [-0.4, -0.2) is 49.3 Å². The number of hydrogen-bond donors (Lipinski definition) is 1. The van der Waals surface area contributed by atoms with Crippen LogP contribution < -0.4 is 5.32 Å². The summed E-state index contributed by atoms with van der Waals surface area (Å²) in [6.07, 6.45) is 0.777. The smallest absolute Gasteiger partial charge is 0.332 e. The zero-order chi connectivity index (χ0) is 13.9. The van der Waals surface area contributed by atoms with Crippen LogP contribution in [0.3, 0.4) is 0 Å². The van der Waals surface area contributed by atoms with E-state index < -0.39 is 35.5 Å². The molecule has 1 rings (SSSR count). The van der Waals surface area contributed by atoms with Gasteiger partial charge >= 0.3 is 5.97 Å². The minimum Gasteiger partial charge on any atom is -0.460 e. The fourth-order valence-electron chi connectivity index (χ4n) is 1.66. The number of ether oxygens (including phenoxy) is 1. The number of nitrogens with zero attached hydrogens (tertiary/aromatic N) is 1. The standard InChI is InChI=1S/C11H14N2O5/c1-4-5-18-10(17)11(9(16)13(2)3)6-7(14)12-8(11)15/h4H,1,5-6H2,2-3H3,(H,12,14,15). The third-order valence-electron chi connectivity index (χ3n) is 2.52. The maximum atomic E-state index is 12.0. The summed E-state index contributed by atoms with van der Waals surface area (Å²) in [4.78, 5) is 48.0. The third-order valence-corrected chi connectivity index (χ3v) is 2.52. The van der Waals surface area contributed by atoms with Crippen molar-refractivity contribution in [1.82, 2.24) is 10.2 Å². The van der Waals surface area contributed by atoms with E-state index in [-0.39, 0.29) is 6.61 Å². The van der Waals surface area contributed by atoms with E-state index in [2.05, 4.69) is 6.58 Å². The minimum absolute atomic E-state index is 0.136. The van der Waals surface area contributed by atoms with Gasteiger partial charge in [-0.2, -0.15) is 0 Å². The monoisotopic (exact) mass is 254 g/mol. The average molecular weight is 254 g/mol. The Morgan fingerprint density at radius 3 is 2.50 bits per heavy atom. The number of esters is 1. The molecule has 0 aromatic rings. The summed E-state index contributed by atoms with van der Waals surface area (Å²) < 4.78 is 4.75. The quantitative estimate of drug-likeness (QED) is 0.295. The van der Waals surface area contributed by atoms with Crippen LogP contribution in [-0.2, 0) is 23.9 Å². The Bertz CT molecular complexity index is 429. The third kappa shape index (κ3) is 2.11. The zero-order valence-electron chi connectivity index (χ0n) is 10.2. The van der Waals surface area contributed by atoms with E-state index >= 15 is 0 Å². The second-order valence-electron chi connectivity index (χ2n) is 4.05. The zero-order valence-corrected chi connectivity index (χ0v) is 10.2. The summed E-state index contributed by atoms with van der Waals surface area (Å²) in [5, 5.41) is 1.95. The molecule has 1 aliphatic heterocycles. The molecule has 0 aliphatic carbocycles. The number of hydrogen-bond acceptors (Lipinski definition) is 5. The highest BCUT2D eigenvalue weighted by Crippen LogP contribution is 2.31. The molecule has 3 amide bonds. The highest BCUT2D eigenvalue weighted by molar-refractivity contribution is 6.28. The van der Waals surface area contributed by atoms with Gasteiger partial charge in [-0.3, -0.25) is 24.5 Å². The molecule has 0 aromatic heterocycles. The minimum atomic E-state index is -2.11. The van der Waals surface area contributed by atoms with Crippen LogP contribution in [0.15, 0.2) is 12.7 Å². The van der Waals surface area contributed by atoms with E-state index in [4.69, 9.17) is 4.74 Å². The summed E-state index contributed by atoms with van der Waals surface area (Å²) in [6, 6.07) is 0. The van der Waals surface area contributed by atoms with Gasteiger partial charge in [-0.25, -0.2) is 0 Å². The molecule has 18 heavy (non-hydrogen) atoms. The average Bonchev–Trinajstić information content (AvgIpc) is 2.61. The molecule has 1 atom stereocenters. The number of imide groups is 1. The van der Waals surface area contributed by atoms with E-state index in [1.54, 1.807) is 0 Å². The van der Waals surface area contributed by atoms with Gasteiger partial charge < -0.3 is 9.64 Å². The van der Waals surface area contributed by atoms with Gasteiger partial charge in [0.05, 0.1) is 6.42 Å². The molecule has 1 saturated heterocycles. The number of nitrogens with one attached hydrogen (secondary N) is 1. The van der Waals surface area contributed by atoms with Gasteiger partial charge in [-0.05, 0) is 0 Å². The predicted octanol–water partition coefficient (Wildman–Crippen LogP) is -1.16. The molecule has 7 heteroatoms. The SMILES string of the molecule is C=CCOC(=O)C1(C(=O)N(C)C)CC(=O)NC1=O. The lowest BCUT2D eigenvalue weighted by Gasteiger charge is -2.25. The summed E-state index contributed by atoms with van der Waals surface area (Å²) in [5.41, 5.74) is -2.11. The summed E-state index contributed by atoms with van der Waals surface area (Å²) in [7, 11) is 2.78. The number of carbonyl (C=O) groups excluding carboxylic acids is 4. The Hall–Kier alpha value is -2.18. The van der Waals surface area contributed by atoms with Gasteiger partial charge in [-0.1, -0.05) is 12.7 Å². The number of carbonyl (C=O) groups is 4. The first-order chi connectivity index (χ1) is 8.36. The van der Waals surface area contributed by atoms with Gasteiger partial charge in [0.2, 0.25) is 17.2 Å². The molecule has 1 aliphatic rings. The van der Waals surface area contributed by atoms with Crippen LogP contribution in [0, 0.1) is 5.41 Å². The first-order valence-corrected chi connectivity index (χ1v) is 5.20. The van der Waals surface area contributed by atoms with E-state index in [0.717, 1.165) is 4.90 Å². The van der Waals surface area contributed by atoms with E-state index in [0.29, 0.717) is 0 Å². The number of rotatable bonds is 4. The van der Waals surface area contributed by atoms with Gasteiger partial charge in [0.25, 0.3) is 5.91 Å². The Balaban J connectivity index is 3.14. The molecular weight excluding hydrogens is 240 g/mol. The van der Waals surface area contributed by atoms with Crippen molar-refractivity contribution in [2.24, 2.45) is 5.41 Å². The summed E-state index contributed by atoms with van der Waals surface area (Å²) in [6.45, 7) is 3.22. The number of amides is 3. The van der Waals surface area contributed by atoms with Crippen LogP contribution in [0.4, 0.5) is 0 Å². The summed E-state index contributed by atoms with van der Waals surface area (Å²) in [5.74, 6) is -3.43. The van der Waals surface area contributed by atoms with Crippen LogP contribution in [0.1, 0.15) is 6.42 Å². The van der Waals surface area contributed by atoms with Crippen molar-refractivity contribution in [2.75, 3.05) is 20.7 Å². The molecule has 0 bridgehead atoms. The molecule has 7 nitrogen and oxygen atoms in total. The molecule has 1 fully saturated rings. The van der Waals surface area contributed by atoms with E-state index in [1.165, 1.54) is 20.2 Å². The topological polar surface area (TPSA) is 92.8 Å². The van der Waals surface area contributed by atoms with Crippen LogP contribution in [0.2, 0.25) is 0 Å². The van der Waals surface area contributed by atoms with Gasteiger partial charge in [0.1, 0.15) is 6.61 Å². The Labute approximate surface area is 104 Å². The maximum Gasteiger partial charge on any atom is 0.332 e. The van der Waals surface area contributed by atoms with Crippen molar-refractivity contribution >= 4 is 23.7 Å². The maximum absolute atomic E-state index is 12.0. The lowest BCUT2D eigenvalue weighted by molar-refractivity contribution is -0.166. The van der Waals surface area contributed by atoms with Crippen molar-refractivity contribution in [3.8, 4) is 0 Å². The normalized spacial score (nSPS) is 22.3. The summed E-state index contributed by atoms with van der Waals surface area (Å²) >= 11 is 0. The molecule has 1 unspecified atom stereocenters. The van der Waals surface area contributed by atoms with Crippen molar-refractivity contribution in [2.45, 2.75) is 6.42 Å². The van der Waals surface area contributed by atoms with Crippen LogP contribution in [0.5, 0.6) is 0 Å². The molecule has 0 radical (unpaired) electrons. The largest absolute Gasteiger partial charge is 0.460 e. The van der Waals surface area contributed by atoms with E-state index in [1.807, 2.05) is 5.32 Å². The molecule has 1 heterocycles. The fraction of sp³-hybridized carbons (Fsp3) is 0.455. The first kappa shape index (κ1) is 13.9. The Morgan fingerprint density at radius 1 is 1.50 bits per heavy atom. The molecule has 0 spiro atoms. The Kier molecular flexibility index (Phi) is 3.85. The van der Waals surface area contributed by atoms with Crippen molar-refractivity contribution in [3.05, 3.63) is 12.7 Å². The van der Waals surface area contributed by atoms with Gasteiger partial charge in [0, 0.05) is 14.1 Å². The molecule has 0 saturated carbocycles. The fourth-order valence-corrected chi connectivity index (χ4v) is 1.66. The van der Waals surface area contributed by atoms with E-state index in [9.17, 15) is 19.2 Å². The molecule has 1 N–H and O–H groups in total. The molecule has 98 valence electrons. The van der Waals surface area contributed by atoms with Crippen LogP contribution >= 0.6 is 0 Å². The highest BCUT2D eigenvalue weighted by atomic mass is 16.5. The second kappa shape index (κ2) is 4.99. The molecular formula is C11H14N2O5. The first-order valence-electron chi connectivity index (χ1n) is 5.20. The predicted molar refractivity (Wildman–Crippen MR) is 60.0 cm³/mol. The molecule has 0 aromatic carbocycles. The second-order valence-corrected chi connectivity index (χ2v) is 4.05. The van der Waals surface area contributed by atoms with Gasteiger partial charge in [0.15, 0.2) is 0 Å². The Morgan fingerprint density at radius 2 is 2.11 bits per heavy atom. The lowest BCUT2D eigenvalue weighted by Crippen LogP contribution is -2.51.